The van der Waals surface area contributed by atoms with Crippen molar-refractivity contribution in [3.8, 4) is 11.5 Å². The summed E-state index contributed by atoms with van der Waals surface area (Å²) in [5.74, 6) is 1.54. The molecule has 6 nitrogen and oxygen atoms in total. The number of nitrogens with one attached hydrogen (secondary N) is 1. The molecule has 0 aromatic heterocycles. The van der Waals surface area contributed by atoms with Gasteiger partial charge in [-0.3, -0.25) is 4.79 Å². The molecule has 1 heterocycles. The van der Waals surface area contributed by atoms with Crippen LogP contribution < -0.4 is 19.7 Å². The zero-order valence-corrected chi connectivity index (χ0v) is 16.3. The van der Waals surface area contributed by atoms with Gasteiger partial charge in [-0.2, -0.15) is 0 Å². The first-order valence-corrected chi connectivity index (χ1v) is 9.23. The third kappa shape index (κ3) is 4.57. The Kier molecular flexibility index (Phi) is 6.29. The minimum atomic E-state index is 0.0709. The Morgan fingerprint density at radius 3 is 2.41 bits per heavy atom. The molecule has 3 rings (SSSR count). The van der Waals surface area contributed by atoms with E-state index in [1.807, 2.05) is 35.2 Å². The molecular weight excluding hydrogens is 366 g/mol. The molecule has 0 radical (unpaired) electrons. The Balaban J connectivity index is 1.52. The number of rotatable bonds is 6. The fourth-order valence-corrected chi connectivity index (χ4v) is 3.41. The van der Waals surface area contributed by atoms with Gasteiger partial charge in [0.05, 0.1) is 31.5 Å². The van der Waals surface area contributed by atoms with E-state index in [9.17, 15) is 4.79 Å². The maximum Gasteiger partial charge on any atom is 0.241 e. The molecule has 1 N–H and O–H groups in total. The summed E-state index contributed by atoms with van der Waals surface area (Å²) < 4.78 is 10.6. The summed E-state index contributed by atoms with van der Waals surface area (Å²) in [6, 6.07) is 13.3. The van der Waals surface area contributed by atoms with Crippen molar-refractivity contribution in [1.29, 1.82) is 0 Å². The van der Waals surface area contributed by atoms with Crippen molar-refractivity contribution in [3.63, 3.8) is 0 Å². The van der Waals surface area contributed by atoms with Crippen molar-refractivity contribution in [2.45, 2.75) is 0 Å². The average Bonchev–Trinajstić information content (AvgIpc) is 2.72. The topological polar surface area (TPSA) is 54.0 Å². The molecule has 0 bridgehead atoms. The van der Waals surface area contributed by atoms with Gasteiger partial charge in [0.25, 0.3) is 0 Å². The minimum Gasteiger partial charge on any atom is -0.495 e. The maximum absolute atomic E-state index is 12.5. The maximum atomic E-state index is 12.5. The Morgan fingerprint density at radius 2 is 1.74 bits per heavy atom. The molecule has 0 saturated carbocycles. The van der Waals surface area contributed by atoms with E-state index >= 15 is 0 Å². The number of para-hydroxylation sites is 2. The van der Waals surface area contributed by atoms with E-state index in [-0.39, 0.29) is 12.5 Å². The molecular formula is C20H24ClN3O3. The molecule has 144 valence electrons. The van der Waals surface area contributed by atoms with Crippen LogP contribution in [0.1, 0.15) is 0 Å². The Bertz CT molecular complexity index is 792. The zero-order valence-electron chi connectivity index (χ0n) is 15.6. The summed E-state index contributed by atoms with van der Waals surface area (Å²) in [4.78, 5) is 16.6. The highest BCUT2D eigenvalue weighted by Crippen LogP contribution is 2.29. The first kappa shape index (κ1) is 19.2. The van der Waals surface area contributed by atoms with Crippen LogP contribution in [-0.2, 0) is 4.79 Å². The lowest BCUT2D eigenvalue weighted by Gasteiger charge is -2.36. The second kappa shape index (κ2) is 8.86. The van der Waals surface area contributed by atoms with Crippen LogP contribution in [0.5, 0.6) is 11.5 Å². The van der Waals surface area contributed by atoms with Crippen molar-refractivity contribution in [2.24, 2.45) is 0 Å². The second-order valence-electron chi connectivity index (χ2n) is 6.24. The Hall–Kier alpha value is -2.60. The normalized spacial score (nSPS) is 14.0. The SMILES string of the molecule is COc1ccc(NCC(=O)N2CCN(c3ccccc3OC)CC2)cc1Cl. The third-order valence-electron chi connectivity index (χ3n) is 4.65. The predicted molar refractivity (Wildman–Crippen MR) is 108 cm³/mol. The van der Waals surface area contributed by atoms with Gasteiger partial charge >= 0.3 is 0 Å². The number of hydrogen-bond donors (Lipinski definition) is 1. The van der Waals surface area contributed by atoms with E-state index in [0.29, 0.717) is 23.9 Å². The lowest BCUT2D eigenvalue weighted by Crippen LogP contribution is -2.50. The van der Waals surface area contributed by atoms with Gasteiger partial charge in [0.15, 0.2) is 0 Å². The molecule has 1 aliphatic heterocycles. The molecule has 1 saturated heterocycles. The first-order chi connectivity index (χ1) is 13.1. The van der Waals surface area contributed by atoms with Crippen LogP contribution in [-0.4, -0.2) is 57.8 Å². The van der Waals surface area contributed by atoms with Crippen molar-refractivity contribution >= 4 is 28.9 Å². The number of hydrogen-bond acceptors (Lipinski definition) is 5. The number of amides is 1. The van der Waals surface area contributed by atoms with Gasteiger partial charge in [-0.05, 0) is 30.3 Å². The molecule has 1 amide bonds. The summed E-state index contributed by atoms with van der Waals surface area (Å²) in [6.07, 6.45) is 0. The highest BCUT2D eigenvalue weighted by atomic mass is 35.5. The number of ether oxygens (including phenoxy) is 2. The zero-order chi connectivity index (χ0) is 19.2. The molecule has 27 heavy (non-hydrogen) atoms. The van der Waals surface area contributed by atoms with Crippen LogP contribution in [0.15, 0.2) is 42.5 Å². The number of nitrogens with zero attached hydrogens (tertiary/aromatic N) is 2. The van der Waals surface area contributed by atoms with E-state index in [1.54, 1.807) is 26.4 Å². The highest BCUT2D eigenvalue weighted by Gasteiger charge is 2.22. The van der Waals surface area contributed by atoms with Crippen molar-refractivity contribution in [3.05, 3.63) is 47.5 Å². The lowest BCUT2D eigenvalue weighted by molar-refractivity contribution is -0.129. The molecule has 1 fully saturated rings. The average molecular weight is 390 g/mol. The fraction of sp³-hybridized carbons (Fsp3) is 0.350. The number of carbonyl (C=O) groups excluding carboxylic acids is 1. The van der Waals surface area contributed by atoms with Gasteiger partial charge in [-0.1, -0.05) is 23.7 Å². The standard InChI is InChI=1S/C20H24ClN3O3/c1-26-18-8-7-15(13-16(18)21)22-14-20(25)24-11-9-23(10-12-24)17-5-3-4-6-19(17)27-2/h3-8,13,22H,9-12,14H2,1-2H3. The monoisotopic (exact) mass is 389 g/mol. The Labute approximate surface area is 164 Å². The van der Waals surface area contributed by atoms with E-state index < -0.39 is 0 Å². The summed E-state index contributed by atoms with van der Waals surface area (Å²) in [5, 5.41) is 3.64. The summed E-state index contributed by atoms with van der Waals surface area (Å²) in [5.41, 5.74) is 1.86. The van der Waals surface area contributed by atoms with Gasteiger partial charge in [-0.15, -0.1) is 0 Å². The van der Waals surface area contributed by atoms with Gasteiger partial charge in [0, 0.05) is 31.9 Å². The first-order valence-electron chi connectivity index (χ1n) is 8.85. The molecule has 0 spiro atoms. The smallest absolute Gasteiger partial charge is 0.241 e. The van der Waals surface area contributed by atoms with E-state index in [2.05, 4.69) is 10.2 Å². The largest absolute Gasteiger partial charge is 0.495 e. The number of anilines is 2. The molecule has 1 aliphatic rings. The quantitative estimate of drug-likeness (QED) is 0.822. The van der Waals surface area contributed by atoms with E-state index in [1.165, 1.54) is 0 Å². The molecule has 2 aromatic carbocycles. The summed E-state index contributed by atoms with van der Waals surface area (Å²) in [6.45, 7) is 3.15. The van der Waals surface area contributed by atoms with E-state index in [4.69, 9.17) is 21.1 Å². The molecule has 0 atom stereocenters. The van der Waals surface area contributed by atoms with Crippen LogP contribution >= 0.6 is 11.6 Å². The number of benzene rings is 2. The van der Waals surface area contributed by atoms with Gasteiger partial charge in [0.1, 0.15) is 11.5 Å². The molecule has 0 unspecified atom stereocenters. The van der Waals surface area contributed by atoms with Gasteiger partial charge in [0.2, 0.25) is 5.91 Å². The van der Waals surface area contributed by atoms with Crippen molar-refractivity contribution in [1.82, 2.24) is 4.90 Å². The number of piperazine rings is 1. The summed E-state index contributed by atoms with van der Waals surface area (Å²) in [7, 11) is 3.25. The minimum absolute atomic E-state index is 0.0709. The van der Waals surface area contributed by atoms with E-state index in [0.717, 1.165) is 30.2 Å². The van der Waals surface area contributed by atoms with Crippen LogP contribution in [0.2, 0.25) is 5.02 Å². The van der Waals surface area contributed by atoms with Crippen molar-refractivity contribution in [2.75, 3.05) is 57.2 Å². The van der Waals surface area contributed by atoms with Crippen molar-refractivity contribution < 1.29 is 14.3 Å². The van der Waals surface area contributed by atoms with Crippen LogP contribution in [0.3, 0.4) is 0 Å². The molecule has 2 aromatic rings. The second-order valence-corrected chi connectivity index (χ2v) is 6.65. The fourth-order valence-electron chi connectivity index (χ4n) is 3.15. The number of methoxy groups -OCH3 is 2. The molecule has 7 heteroatoms. The van der Waals surface area contributed by atoms with Crippen LogP contribution in [0.4, 0.5) is 11.4 Å². The Morgan fingerprint density at radius 1 is 1.04 bits per heavy atom. The predicted octanol–water partition coefficient (Wildman–Crippen LogP) is 3.12. The number of halogens is 1. The summed E-state index contributed by atoms with van der Waals surface area (Å²) >= 11 is 6.12. The third-order valence-corrected chi connectivity index (χ3v) is 4.95. The highest BCUT2D eigenvalue weighted by molar-refractivity contribution is 6.32. The van der Waals surface area contributed by atoms with Gasteiger partial charge < -0.3 is 24.6 Å². The molecule has 0 aliphatic carbocycles. The van der Waals surface area contributed by atoms with Crippen LogP contribution in [0, 0.1) is 0 Å². The number of carbonyl (C=O) groups is 1. The van der Waals surface area contributed by atoms with Gasteiger partial charge in [-0.25, -0.2) is 0 Å². The van der Waals surface area contributed by atoms with Crippen LogP contribution in [0.25, 0.3) is 0 Å². The lowest BCUT2D eigenvalue weighted by atomic mass is 10.2.